The van der Waals surface area contributed by atoms with Crippen LogP contribution in [0.2, 0.25) is 0 Å². The molecule has 0 bridgehead atoms. The van der Waals surface area contributed by atoms with Crippen LogP contribution < -0.4 is 10.2 Å². The third-order valence-corrected chi connectivity index (χ3v) is 8.10. The fraction of sp³-hybridized carbons (Fsp3) is 0.286. The van der Waals surface area contributed by atoms with Gasteiger partial charge in [0.25, 0.3) is 5.91 Å². The van der Waals surface area contributed by atoms with Crippen LogP contribution in [0, 0.1) is 17.3 Å². The van der Waals surface area contributed by atoms with Crippen LogP contribution in [0.1, 0.15) is 43.5 Å². The Labute approximate surface area is 243 Å². The maximum absolute atomic E-state index is 14.4. The van der Waals surface area contributed by atoms with Gasteiger partial charge in [-0.25, -0.2) is 4.39 Å². The molecule has 1 aromatic heterocycles. The second kappa shape index (κ2) is 10.5. The first-order valence-corrected chi connectivity index (χ1v) is 14.8. The highest BCUT2D eigenvalue weighted by Crippen LogP contribution is 3.02. The normalized spacial score (nSPS) is 21.6. The lowest BCUT2D eigenvalue weighted by molar-refractivity contribution is -0.128. The molecule has 1 saturated heterocycles. The van der Waals surface area contributed by atoms with Gasteiger partial charge < -0.3 is 10.4 Å². The Hall–Kier alpha value is -4.29. The van der Waals surface area contributed by atoms with E-state index < -0.39 is 62.2 Å². The van der Waals surface area contributed by atoms with Crippen molar-refractivity contribution in [2.45, 2.75) is 48.9 Å². The minimum Gasteiger partial charge on any atom is -0.388 e. The smallest absolute Gasteiger partial charge is 0.310 e. The Bertz CT molecular complexity index is 1570. The number of aliphatic hydroxyl groups is 1. The number of pyridine rings is 1. The summed E-state index contributed by atoms with van der Waals surface area (Å²) in [5.41, 5.74) is -1.52. The monoisotopic (exact) mass is 627 g/mol. The van der Waals surface area contributed by atoms with E-state index in [1.54, 1.807) is 43.4 Å². The van der Waals surface area contributed by atoms with Gasteiger partial charge in [-0.15, -0.1) is 0 Å². The van der Waals surface area contributed by atoms with Gasteiger partial charge in [-0.05, 0) is 49.7 Å². The first kappa shape index (κ1) is 31.6. The Morgan fingerprint density at radius 1 is 1.09 bits per heavy atom. The van der Waals surface area contributed by atoms with E-state index in [1.807, 2.05) is 0 Å². The summed E-state index contributed by atoms with van der Waals surface area (Å²) < 4.78 is 81.9. The highest BCUT2D eigenvalue weighted by molar-refractivity contribution is 8.45. The van der Waals surface area contributed by atoms with E-state index in [4.69, 9.17) is 0 Å². The largest absolute Gasteiger partial charge is 0.388 e. The second-order valence-corrected chi connectivity index (χ2v) is 13.0. The number of hydrogen-bond acceptors (Lipinski definition) is 6. The molecule has 2 N–H and O–H groups in total. The molecule has 4 rings (SSSR count). The number of rotatable bonds is 8. The summed E-state index contributed by atoms with van der Waals surface area (Å²) in [7, 11) is -10.1. The van der Waals surface area contributed by atoms with Crippen LogP contribution in [0.4, 0.5) is 29.5 Å². The van der Waals surface area contributed by atoms with Crippen molar-refractivity contribution >= 4 is 27.7 Å². The third kappa shape index (κ3) is 7.20. The molecular weight excluding hydrogens is 600 g/mol. The molecule has 1 unspecified atom stereocenters. The van der Waals surface area contributed by atoms with Crippen LogP contribution in [0.15, 0.2) is 78.0 Å². The number of carbonyl (C=O) groups is 2. The van der Waals surface area contributed by atoms with Crippen molar-refractivity contribution in [2.75, 3.05) is 11.4 Å². The summed E-state index contributed by atoms with van der Waals surface area (Å²) in [4.78, 5) is 31.2. The molecule has 0 aliphatic carbocycles. The summed E-state index contributed by atoms with van der Waals surface area (Å²) in [6, 6.07) is 6.93. The second-order valence-electron chi connectivity index (χ2n) is 10.6. The lowest BCUT2D eigenvalue weighted by atomic mass is 9.99. The number of aromatic nitrogens is 1. The zero-order chi connectivity index (χ0) is 31.9. The number of nitriles is 1. The van der Waals surface area contributed by atoms with Crippen molar-refractivity contribution < 1.29 is 38.5 Å². The number of nitrogens with zero attached hydrogens (tertiary/aromatic N) is 4. The van der Waals surface area contributed by atoms with E-state index >= 15 is 0 Å². The molecule has 2 heterocycles. The molecule has 1 fully saturated rings. The predicted octanol–water partition coefficient (Wildman–Crippen LogP) is 6.14. The molecule has 1 aliphatic rings. The molecule has 230 valence electrons. The van der Waals surface area contributed by atoms with Crippen molar-refractivity contribution in [3.05, 3.63) is 90.0 Å². The molecule has 15 heteroatoms. The fourth-order valence-corrected chi connectivity index (χ4v) is 5.59. The summed E-state index contributed by atoms with van der Waals surface area (Å²) in [5.74, 6) is -2.85. The molecular formula is C28H27F6N5O3S. The van der Waals surface area contributed by atoms with Crippen LogP contribution in [-0.4, -0.2) is 45.0 Å². The summed E-state index contributed by atoms with van der Waals surface area (Å²) in [6.07, 6.45) is 3.36. The van der Waals surface area contributed by atoms with Crippen molar-refractivity contribution in [3.63, 3.8) is 0 Å². The van der Waals surface area contributed by atoms with E-state index in [2.05, 4.69) is 10.3 Å². The van der Waals surface area contributed by atoms with E-state index in [9.17, 15) is 43.8 Å². The first-order valence-electron chi connectivity index (χ1n) is 12.8. The van der Waals surface area contributed by atoms with Gasteiger partial charge in [0.1, 0.15) is 22.8 Å². The van der Waals surface area contributed by atoms with Gasteiger partial charge in [0.2, 0.25) is 5.91 Å². The number of likely N-dealkylation sites (tertiary alicyclic amines) is 1. The van der Waals surface area contributed by atoms with Gasteiger partial charge in [0.05, 0.1) is 24.4 Å². The molecule has 3 aromatic rings. The lowest BCUT2D eigenvalue weighted by Gasteiger charge is -2.41. The van der Waals surface area contributed by atoms with Crippen LogP contribution in [0.25, 0.3) is 0 Å². The standard InChI is InChI=1S/C28H27F6N5O3S/c1-18(19-6-4-3-5-7-19)37-26(40)25(20-12-21(29)15-36-14-20)39(27(41)24-13-28(2,42)16-38(24)17-35)22-8-10-23(11-9-22)43(30,31,32,33)34/h3-12,14-15,18,24-25,42H,13,16H2,1-2H3,(H,37,40)/t18-,24+,25?,28+/m0/s1. The molecule has 0 saturated carbocycles. The zero-order valence-electron chi connectivity index (χ0n) is 22.8. The number of anilines is 1. The first-order chi connectivity index (χ1) is 19.8. The Morgan fingerprint density at radius 2 is 1.72 bits per heavy atom. The van der Waals surface area contributed by atoms with Gasteiger partial charge in [0, 0.05) is 23.9 Å². The number of halogens is 6. The number of nitrogens with one attached hydrogen (secondary N) is 1. The van der Waals surface area contributed by atoms with Gasteiger partial charge >= 0.3 is 10.2 Å². The van der Waals surface area contributed by atoms with E-state index in [0.717, 1.165) is 23.4 Å². The minimum absolute atomic E-state index is 0.0788. The Morgan fingerprint density at radius 3 is 2.28 bits per heavy atom. The van der Waals surface area contributed by atoms with E-state index in [1.165, 1.54) is 6.92 Å². The average molecular weight is 628 g/mol. The van der Waals surface area contributed by atoms with Crippen molar-refractivity contribution in [2.24, 2.45) is 0 Å². The SMILES string of the molecule is C[C@H](NC(=O)C(c1cncc(F)c1)N(C(=O)[C@H]1C[C@@](C)(O)CN1C#N)c1ccc(S(F)(F)(F)(F)F)cc1)c1ccccc1. The fourth-order valence-electron chi connectivity index (χ4n) is 4.94. The highest BCUT2D eigenvalue weighted by Gasteiger charge is 2.65. The lowest BCUT2D eigenvalue weighted by Crippen LogP contribution is -2.50. The average Bonchev–Trinajstić information content (AvgIpc) is 3.25. The summed E-state index contributed by atoms with van der Waals surface area (Å²) in [5, 5.41) is 22.9. The van der Waals surface area contributed by atoms with E-state index in [0.29, 0.717) is 22.6 Å². The zero-order valence-corrected chi connectivity index (χ0v) is 23.6. The van der Waals surface area contributed by atoms with Crippen LogP contribution >= 0.6 is 10.2 Å². The molecule has 0 spiro atoms. The summed E-state index contributed by atoms with van der Waals surface area (Å²) >= 11 is 0. The maximum atomic E-state index is 14.4. The van der Waals surface area contributed by atoms with Crippen LogP contribution in [0.5, 0.6) is 0 Å². The quantitative estimate of drug-likeness (QED) is 0.230. The van der Waals surface area contributed by atoms with Crippen LogP contribution in [-0.2, 0) is 9.59 Å². The molecule has 8 nitrogen and oxygen atoms in total. The van der Waals surface area contributed by atoms with Crippen molar-refractivity contribution in [1.82, 2.24) is 15.2 Å². The molecule has 43 heavy (non-hydrogen) atoms. The van der Waals surface area contributed by atoms with Gasteiger partial charge in [-0.3, -0.25) is 24.4 Å². The Balaban J connectivity index is 1.88. The third-order valence-electron chi connectivity index (χ3n) is 6.94. The summed E-state index contributed by atoms with van der Waals surface area (Å²) in [6.45, 7) is 2.70. The van der Waals surface area contributed by atoms with Crippen LogP contribution in [0.3, 0.4) is 0 Å². The molecule has 4 atom stereocenters. The molecule has 0 radical (unpaired) electrons. The predicted molar refractivity (Wildman–Crippen MR) is 147 cm³/mol. The topological polar surface area (TPSA) is 110 Å². The maximum Gasteiger partial charge on any atom is 0.310 e. The number of carbonyl (C=O) groups excluding carboxylic acids is 2. The van der Waals surface area contributed by atoms with Gasteiger partial charge in [-0.1, -0.05) is 49.8 Å². The van der Waals surface area contributed by atoms with Crippen molar-refractivity contribution in [1.29, 1.82) is 5.26 Å². The Kier molecular flexibility index (Phi) is 7.70. The molecule has 2 aromatic carbocycles. The van der Waals surface area contributed by atoms with E-state index in [-0.39, 0.29) is 30.7 Å². The van der Waals surface area contributed by atoms with Gasteiger partial charge in [-0.2, -0.15) is 5.26 Å². The van der Waals surface area contributed by atoms with Crippen molar-refractivity contribution in [3.8, 4) is 6.19 Å². The highest BCUT2D eigenvalue weighted by atomic mass is 32.5. The number of hydrogen-bond donors (Lipinski definition) is 2. The minimum atomic E-state index is -10.1. The number of amides is 2. The number of benzene rings is 2. The van der Waals surface area contributed by atoms with Gasteiger partial charge in [0.15, 0.2) is 6.19 Å². The molecule has 2 amide bonds. The molecule has 1 aliphatic heterocycles. The number of β-amino-alcohol motifs (C(OH)–C–C–N with tert-alkyl or cyclic N) is 1.